The standard InChI is InChI=1S/C24H27NO5S/c1-15(2)14-30-17-7-3-6-16(12-17)22(26)20-21(19-9-5-11-31-19)25(24(28)23(20)27)13-18-8-4-10-29-18/h3,5-7,9,11-12,15,18,21,26H,4,8,10,13-14H2,1-2H3/b22-20-. The van der Waals surface area contributed by atoms with Crippen LogP contribution in [0.3, 0.4) is 0 Å². The fourth-order valence-corrected chi connectivity index (χ4v) is 4.82. The van der Waals surface area contributed by atoms with Crippen molar-refractivity contribution in [3.8, 4) is 5.75 Å². The van der Waals surface area contributed by atoms with Gasteiger partial charge in [-0.15, -0.1) is 11.3 Å². The topological polar surface area (TPSA) is 76.1 Å². The molecule has 2 atom stereocenters. The largest absolute Gasteiger partial charge is 0.507 e. The van der Waals surface area contributed by atoms with E-state index in [4.69, 9.17) is 9.47 Å². The van der Waals surface area contributed by atoms with E-state index in [-0.39, 0.29) is 17.4 Å². The van der Waals surface area contributed by atoms with Gasteiger partial charge in [-0.3, -0.25) is 9.59 Å². The highest BCUT2D eigenvalue weighted by atomic mass is 32.1. The molecule has 0 saturated carbocycles. The highest BCUT2D eigenvalue weighted by Gasteiger charge is 2.47. The molecule has 164 valence electrons. The summed E-state index contributed by atoms with van der Waals surface area (Å²) < 4.78 is 11.5. The molecule has 0 aliphatic carbocycles. The van der Waals surface area contributed by atoms with Gasteiger partial charge < -0.3 is 19.5 Å². The van der Waals surface area contributed by atoms with E-state index < -0.39 is 17.7 Å². The van der Waals surface area contributed by atoms with E-state index in [0.29, 0.717) is 37.0 Å². The van der Waals surface area contributed by atoms with Gasteiger partial charge in [0, 0.05) is 23.6 Å². The molecule has 2 aromatic rings. The van der Waals surface area contributed by atoms with Crippen molar-refractivity contribution < 1.29 is 24.2 Å². The second kappa shape index (κ2) is 9.24. The Labute approximate surface area is 186 Å². The summed E-state index contributed by atoms with van der Waals surface area (Å²) >= 11 is 1.46. The van der Waals surface area contributed by atoms with Crippen molar-refractivity contribution in [2.45, 2.75) is 38.8 Å². The van der Waals surface area contributed by atoms with Crippen LogP contribution in [0.25, 0.3) is 5.76 Å². The Morgan fingerprint density at radius 3 is 2.81 bits per heavy atom. The van der Waals surface area contributed by atoms with E-state index >= 15 is 0 Å². The number of benzene rings is 1. The molecule has 0 spiro atoms. The number of carbonyl (C=O) groups is 2. The molecular weight excluding hydrogens is 414 g/mol. The zero-order chi connectivity index (χ0) is 22.0. The summed E-state index contributed by atoms with van der Waals surface area (Å²) in [6.07, 6.45) is 1.71. The molecule has 1 aromatic heterocycles. The quantitative estimate of drug-likeness (QED) is 0.392. The maximum Gasteiger partial charge on any atom is 0.295 e. The first kappa shape index (κ1) is 21.6. The zero-order valence-corrected chi connectivity index (χ0v) is 18.6. The third-order valence-electron chi connectivity index (χ3n) is 5.47. The van der Waals surface area contributed by atoms with Gasteiger partial charge in [0.05, 0.1) is 24.3 Å². The van der Waals surface area contributed by atoms with Gasteiger partial charge in [-0.05, 0) is 42.3 Å². The number of aliphatic hydroxyl groups is 1. The van der Waals surface area contributed by atoms with Gasteiger partial charge in [0.1, 0.15) is 11.5 Å². The number of Topliss-reactive ketones (excluding diaryl/α,β-unsaturated/α-hetero) is 1. The molecule has 4 rings (SSSR count). The van der Waals surface area contributed by atoms with Crippen molar-refractivity contribution in [1.29, 1.82) is 0 Å². The zero-order valence-electron chi connectivity index (χ0n) is 17.7. The van der Waals surface area contributed by atoms with Crippen molar-refractivity contribution in [2.24, 2.45) is 5.92 Å². The van der Waals surface area contributed by atoms with Crippen LogP contribution in [0.5, 0.6) is 5.75 Å². The number of amides is 1. The van der Waals surface area contributed by atoms with Gasteiger partial charge in [0.25, 0.3) is 11.7 Å². The SMILES string of the molecule is CC(C)COc1cccc(/C(O)=C2/C(=O)C(=O)N(CC3CCCO3)C2c2cccs2)c1. The van der Waals surface area contributed by atoms with Crippen LogP contribution in [-0.4, -0.2) is 47.6 Å². The first-order valence-corrected chi connectivity index (χ1v) is 11.5. The second-order valence-electron chi connectivity index (χ2n) is 8.33. The summed E-state index contributed by atoms with van der Waals surface area (Å²) in [6, 6.07) is 10.2. The summed E-state index contributed by atoms with van der Waals surface area (Å²) in [5, 5.41) is 13.1. The van der Waals surface area contributed by atoms with Gasteiger partial charge >= 0.3 is 0 Å². The van der Waals surface area contributed by atoms with Crippen molar-refractivity contribution in [3.63, 3.8) is 0 Å². The number of ketones is 1. The van der Waals surface area contributed by atoms with Gasteiger partial charge in [-0.2, -0.15) is 0 Å². The molecular formula is C24H27NO5S. The minimum atomic E-state index is -0.664. The van der Waals surface area contributed by atoms with E-state index in [9.17, 15) is 14.7 Å². The van der Waals surface area contributed by atoms with Gasteiger partial charge in [0.15, 0.2) is 0 Å². The van der Waals surface area contributed by atoms with Crippen molar-refractivity contribution in [2.75, 3.05) is 19.8 Å². The predicted octanol–water partition coefficient (Wildman–Crippen LogP) is 4.38. The van der Waals surface area contributed by atoms with E-state index in [1.807, 2.05) is 23.6 Å². The average Bonchev–Trinajstić information content (AvgIpc) is 3.51. The predicted molar refractivity (Wildman–Crippen MR) is 119 cm³/mol. The number of likely N-dealkylation sites (tertiary alicyclic amines) is 1. The van der Waals surface area contributed by atoms with Crippen LogP contribution in [0, 0.1) is 5.92 Å². The maximum atomic E-state index is 13.0. The summed E-state index contributed by atoms with van der Waals surface area (Å²) in [5.41, 5.74) is 0.574. The monoisotopic (exact) mass is 441 g/mol. The van der Waals surface area contributed by atoms with E-state index in [1.54, 1.807) is 23.1 Å². The van der Waals surface area contributed by atoms with Gasteiger partial charge in [-0.25, -0.2) is 0 Å². The third kappa shape index (κ3) is 4.52. The molecule has 2 aliphatic heterocycles. The highest BCUT2D eigenvalue weighted by Crippen LogP contribution is 2.41. The van der Waals surface area contributed by atoms with Crippen LogP contribution < -0.4 is 4.74 Å². The molecule has 31 heavy (non-hydrogen) atoms. The van der Waals surface area contributed by atoms with Gasteiger partial charge in [-0.1, -0.05) is 32.0 Å². The van der Waals surface area contributed by atoms with Crippen molar-refractivity contribution in [3.05, 3.63) is 57.8 Å². The van der Waals surface area contributed by atoms with Crippen molar-refractivity contribution in [1.82, 2.24) is 4.90 Å². The number of carbonyl (C=O) groups excluding carboxylic acids is 2. The Kier molecular flexibility index (Phi) is 6.43. The smallest absolute Gasteiger partial charge is 0.295 e. The summed E-state index contributed by atoms with van der Waals surface area (Å²) in [6.45, 7) is 5.66. The van der Waals surface area contributed by atoms with E-state index in [0.717, 1.165) is 17.7 Å². The van der Waals surface area contributed by atoms with Crippen LogP contribution in [0.1, 0.15) is 43.2 Å². The number of hydrogen-bond donors (Lipinski definition) is 1. The van der Waals surface area contributed by atoms with E-state index in [1.165, 1.54) is 11.3 Å². The molecule has 7 heteroatoms. The lowest BCUT2D eigenvalue weighted by atomic mass is 9.99. The number of hydrogen-bond acceptors (Lipinski definition) is 6. The van der Waals surface area contributed by atoms with Crippen LogP contribution >= 0.6 is 11.3 Å². The third-order valence-corrected chi connectivity index (χ3v) is 6.39. The Morgan fingerprint density at radius 2 is 2.13 bits per heavy atom. The lowest BCUT2D eigenvalue weighted by Gasteiger charge is -2.26. The van der Waals surface area contributed by atoms with Crippen LogP contribution in [0.4, 0.5) is 0 Å². The number of thiophene rings is 1. The first-order chi connectivity index (χ1) is 15.0. The number of nitrogens with zero attached hydrogens (tertiary/aromatic N) is 1. The molecule has 6 nitrogen and oxygen atoms in total. The Hall–Kier alpha value is -2.64. The molecule has 2 fully saturated rings. The van der Waals surface area contributed by atoms with E-state index in [2.05, 4.69) is 13.8 Å². The molecule has 1 aromatic carbocycles. The summed E-state index contributed by atoms with van der Waals surface area (Å²) in [5.74, 6) is -0.468. The molecule has 1 amide bonds. The lowest BCUT2D eigenvalue weighted by Crippen LogP contribution is -2.36. The summed E-state index contributed by atoms with van der Waals surface area (Å²) in [4.78, 5) is 28.4. The lowest BCUT2D eigenvalue weighted by molar-refractivity contribution is -0.140. The average molecular weight is 442 g/mol. The molecule has 2 saturated heterocycles. The highest BCUT2D eigenvalue weighted by molar-refractivity contribution is 7.10. The summed E-state index contributed by atoms with van der Waals surface area (Å²) in [7, 11) is 0. The minimum Gasteiger partial charge on any atom is -0.507 e. The molecule has 2 aliphatic rings. The number of aliphatic hydroxyl groups excluding tert-OH is 1. The minimum absolute atomic E-state index is 0.0894. The Morgan fingerprint density at radius 1 is 1.29 bits per heavy atom. The normalized spacial score (nSPS) is 23.1. The Balaban J connectivity index is 1.72. The van der Waals surface area contributed by atoms with Crippen LogP contribution in [0.15, 0.2) is 47.4 Å². The Bertz CT molecular complexity index is 976. The number of rotatable bonds is 7. The first-order valence-electron chi connectivity index (χ1n) is 10.6. The maximum absolute atomic E-state index is 13.0. The van der Waals surface area contributed by atoms with Gasteiger partial charge in [0.2, 0.25) is 0 Å². The molecule has 1 N–H and O–H groups in total. The fraction of sp³-hybridized carbons (Fsp3) is 0.417. The molecule has 2 unspecified atom stereocenters. The van der Waals surface area contributed by atoms with Crippen LogP contribution in [0.2, 0.25) is 0 Å². The molecule has 3 heterocycles. The van der Waals surface area contributed by atoms with Crippen LogP contribution in [-0.2, 0) is 14.3 Å². The molecule has 0 radical (unpaired) electrons. The van der Waals surface area contributed by atoms with Crippen molar-refractivity contribution >= 4 is 28.8 Å². The number of ether oxygens (including phenoxy) is 2. The second-order valence-corrected chi connectivity index (χ2v) is 9.31. The fourth-order valence-electron chi connectivity index (χ4n) is 3.97. The molecule has 0 bridgehead atoms.